The van der Waals surface area contributed by atoms with E-state index < -0.39 is 65.3 Å². The average molecular weight is 1450 g/mol. The third kappa shape index (κ3) is 13.0. The minimum atomic E-state index is -1.07. The summed E-state index contributed by atoms with van der Waals surface area (Å²) in [5, 5.41) is 26.2. The van der Waals surface area contributed by atoms with Crippen LogP contribution < -0.4 is 41.3 Å². The maximum Gasteiger partial charge on any atom is 0.310 e. The molecule has 6 saturated heterocycles. The van der Waals surface area contributed by atoms with Crippen molar-refractivity contribution in [2.24, 2.45) is 11.8 Å². The zero-order chi connectivity index (χ0) is 74.1. The Balaban J connectivity index is 0.000000138. The van der Waals surface area contributed by atoms with Gasteiger partial charge in [0.25, 0.3) is 23.6 Å². The zero-order valence-corrected chi connectivity index (χ0v) is 57.0. The number of nitrogens with zero attached hydrogens (tertiary/aromatic N) is 14. The lowest BCUT2D eigenvalue weighted by Gasteiger charge is -2.39. The van der Waals surface area contributed by atoms with Crippen molar-refractivity contribution in [3.8, 4) is 22.8 Å². The Hall–Kier alpha value is -13.2. The molecule has 6 N–H and O–H groups in total. The van der Waals surface area contributed by atoms with Crippen LogP contribution in [-0.2, 0) is 28.8 Å². The molecular formula is C76H66F2N18O11. The van der Waals surface area contributed by atoms with Crippen molar-refractivity contribution in [3.05, 3.63) is 203 Å². The number of nitrogens with one attached hydrogen (secondary N) is 3. The number of aromatic nitrogens is 8. The number of carboxylic acid groups (broad SMARTS) is 1. The van der Waals surface area contributed by atoms with Gasteiger partial charge in [-0.2, -0.15) is 0 Å². The van der Waals surface area contributed by atoms with Gasteiger partial charge in [-0.1, -0.05) is 36.4 Å². The molecule has 107 heavy (non-hydrogen) atoms. The fraction of sp³-hybridized carbons (Fsp3) is 0.263. The molecule has 14 heterocycles. The summed E-state index contributed by atoms with van der Waals surface area (Å²) in [7, 11) is 0. The van der Waals surface area contributed by atoms with Gasteiger partial charge in [0.1, 0.15) is 58.4 Å². The smallest absolute Gasteiger partial charge is 0.310 e. The first-order valence-electron chi connectivity index (χ1n) is 35.0. The molecular weight excluding hydrogens is 1380 g/mol. The second-order valence-corrected chi connectivity index (χ2v) is 27.3. The Kier molecular flexibility index (Phi) is 17.7. The molecule has 6 aromatic heterocycles. The predicted molar refractivity (Wildman–Crippen MR) is 382 cm³/mol. The van der Waals surface area contributed by atoms with Crippen molar-refractivity contribution in [2.45, 2.75) is 75.5 Å². The number of rotatable bonds is 13. The highest BCUT2D eigenvalue weighted by Gasteiger charge is 2.47. The first kappa shape index (κ1) is 68.2. The Labute approximate surface area is 607 Å². The molecule has 0 radical (unpaired) electrons. The van der Waals surface area contributed by atoms with Crippen LogP contribution in [0.4, 0.5) is 43.4 Å². The molecule has 0 saturated carbocycles. The quantitative estimate of drug-likeness (QED) is 0.0562. The lowest BCUT2D eigenvalue weighted by atomic mass is 9.98. The minimum Gasteiger partial charge on any atom is -0.481 e. The summed E-state index contributed by atoms with van der Waals surface area (Å²) in [5.74, 6) is -3.67. The molecule has 31 heteroatoms. The Morgan fingerprint density at radius 3 is 1.42 bits per heavy atom. The molecule has 0 bridgehead atoms. The van der Waals surface area contributed by atoms with Crippen molar-refractivity contribution in [1.29, 1.82) is 0 Å². The molecule has 540 valence electrons. The largest absolute Gasteiger partial charge is 0.481 e. The number of imide groups is 4. The average Bonchev–Trinajstić information content (AvgIpc) is 1.66. The first-order chi connectivity index (χ1) is 51.8. The molecule has 4 atom stereocenters. The number of hydrogen-bond acceptors (Lipinski definition) is 21. The third-order valence-electron chi connectivity index (χ3n) is 20.6. The Morgan fingerprint density at radius 1 is 0.486 bits per heavy atom. The normalized spacial score (nSPS) is 20.0. The Morgan fingerprint density at radius 2 is 0.944 bits per heavy atom. The van der Waals surface area contributed by atoms with Crippen molar-refractivity contribution in [1.82, 2.24) is 59.6 Å². The van der Waals surface area contributed by atoms with Crippen LogP contribution in [0.15, 0.2) is 158 Å². The molecule has 29 nitrogen and oxygen atoms in total. The van der Waals surface area contributed by atoms with Gasteiger partial charge < -0.3 is 35.8 Å². The predicted octanol–water partition coefficient (Wildman–Crippen LogP) is 7.21. The Bertz CT molecular complexity index is 5390. The number of carboxylic acids is 1. The van der Waals surface area contributed by atoms with Gasteiger partial charge in [0.2, 0.25) is 29.5 Å². The summed E-state index contributed by atoms with van der Waals surface area (Å²) in [6.45, 7) is 3.39. The molecule has 0 aliphatic carbocycles. The van der Waals surface area contributed by atoms with Crippen molar-refractivity contribution < 1.29 is 61.8 Å². The topological polar surface area (TPSA) is 359 Å². The van der Waals surface area contributed by atoms with Gasteiger partial charge in [-0.15, -0.1) is 10.2 Å². The SMILES string of the molecule is Nc1ccc2c(c1)C(=O)N(C1CCC(=O)NC1=O)C2=O.O=C(O)C1CN(c2cccc(-c3cnc4ccc(N5CCC[C@@H]5c5cccc(F)c5)nn34)n2)C1.O=C1CCC(N2C(=O)c3ccc(NC(=O)C4CN(c5cccc(-c6cnc7ccc(N8CCC[C@@H]8c8cccc(F)c8)nn67)n5)C4)cc3C2=O)C(=O)N1. The van der Waals surface area contributed by atoms with Gasteiger partial charge in [-0.25, -0.2) is 37.7 Å². The standard InChI is InChI=1S/C38H32FN9O5.C25H23FN6O2.C13H11N3O4/c39-23-5-1-4-21(16-23)28-7-3-15-46(28)33-13-12-31-40-18-30(48(31)44-33)27-6-2-8-32(42-27)45-19-22(20-45)35(50)41-24-9-10-25-26(17-24)38(53)47(37(25)52)29-11-14-34(49)43-36(29)51;26-18-5-1-4-16(12-18)20-7-3-11-31(20)24-10-9-22-27-13-21(32(22)29-24)19-6-2-8-23(28-19)30-14-17(15-30)25(33)34;14-6-1-2-7-8(5-6)13(20)16(12(7)19)9-3-4-10(17)15-11(9)18/h1-2,4-6,8-10,12-13,16-18,22,28-29H,3,7,11,14-15,19-20H2,(H,41,50)(H,43,49,51);1-2,4-6,8-10,12-13,17,20H,3,7,11,14-15H2,(H,33,34);1-2,5,9H,3-4,14H2,(H,15,17,18)/t28-,29?;20-;/m11./s1. The number of aliphatic carboxylic acids is 1. The van der Waals surface area contributed by atoms with Crippen LogP contribution in [0.1, 0.15) is 116 Å². The maximum atomic E-state index is 14.1. The molecule has 8 aliphatic rings. The summed E-state index contributed by atoms with van der Waals surface area (Å²) < 4.78 is 31.5. The number of pyridine rings is 2. The van der Waals surface area contributed by atoms with E-state index >= 15 is 0 Å². The highest BCUT2D eigenvalue weighted by molar-refractivity contribution is 6.25. The molecule has 18 rings (SSSR count). The number of nitrogens with two attached hydrogens (primary N) is 1. The molecule has 4 aromatic carbocycles. The van der Waals surface area contributed by atoms with Gasteiger partial charge in [0.05, 0.1) is 70.0 Å². The van der Waals surface area contributed by atoms with Crippen LogP contribution in [0.25, 0.3) is 34.1 Å². The van der Waals surface area contributed by atoms with Crippen LogP contribution in [-0.4, -0.2) is 165 Å². The molecule has 8 aliphatic heterocycles. The van der Waals surface area contributed by atoms with E-state index in [2.05, 4.69) is 35.7 Å². The number of hydrogen-bond donors (Lipinski definition) is 5. The highest BCUT2D eigenvalue weighted by Crippen LogP contribution is 2.40. The van der Waals surface area contributed by atoms with Crippen molar-refractivity contribution in [2.75, 3.05) is 69.9 Å². The number of fused-ring (bicyclic) bond motifs is 4. The maximum absolute atomic E-state index is 14.1. The van der Waals surface area contributed by atoms with E-state index in [4.69, 9.17) is 31.0 Å². The van der Waals surface area contributed by atoms with Crippen molar-refractivity contribution >= 4 is 105 Å². The van der Waals surface area contributed by atoms with E-state index in [1.54, 1.807) is 51.8 Å². The van der Waals surface area contributed by atoms with Crippen LogP contribution in [0.5, 0.6) is 0 Å². The van der Waals surface area contributed by atoms with Gasteiger partial charge in [0.15, 0.2) is 11.3 Å². The number of nitrogen functional groups attached to an aromatic ring is 1. The number of anilines is 6. The summed E-state index contributed by atoms with van der Waals surface area (Å²) in [4.78, 5) is 151. The molecule has 2 unspecified atom stereocenters. The van der Waals surface area contributed by atoms with Crippen LogP contribution in [0.2, 0.25) is 0 Å². The van der Waals surface area contributed by atoms with E-state index in [1.807, 2.05) is 82.6 Å². The van der Waals surface area contributed by atoms with Crippen LogP contribution in [0.3, 0.4) is 0 Å². The summed E-state index contributed by atoms with van der Waals surface area (Å²) >= 11 is 0. The second kappa shape index (κ2) is 27.8. The number of amides is 9. The number of imidazole rings is 2. The fourth-order valence-corrected chi connectivity index (χ4v) is 15.0. The van der Waals surface area contributed by atoms with Crippen molar-refractivity contribution in [3.63, 3.8) is 0 Å². The number of halogens is 2. The van der Waals surface area contributed by atoms with Gasteiger partial charge in [-0.3, -0.25) is 68.4 Å². The minimum absolute atomic E-state index is 0.0189. The van der Waals surface area contributed by atoms with Gasteiger partial charge >= 0.3 is 5.97 Å². The van der Waals surface area contributed by atoms with E-state index in [0.717, 1.165) is 88.5 Å². The first-order valence-corrected chi connectivity index (χ1v) is 35.0. The zero-order valence-electron chi connectivity index (χ0n) is 57.0. The summed E-state index contributed by atoms with van der Waals surface area (Å²) in [6, 6.07) is 39.6. The van der Waals surface area contributed by atoms with Crippen LogP contribution >= 0.6 is 0 Å². The fourth-order valence-electron chi connectivity index (χ4n) is 15.0. The van der Waals surface area contributed by atoms with E-state index in [9.17, 15) is 56.7 Å². The molecule has 0 spiro atoms. The summed E-state index contributed by atoms with van der Waals surface area (Å²) in [6.07, 6.45) is 7.64. The van der Waals surface area contributed by atoms with E-state index in [0.29, 0.717) is 66.1 Å². The second-order valence-electron chi connectivity index (χ2n) is 27.3. The molecule has 6 fully saturated rings. The highest BCUT2D eigenvalue weighted by atomic mass is 19.1. The molecule has 9 amide bonds. The van der Waals surface area contributed by atoms with Gasteiger partial charge in [-0.05, 0) is 159 Å². The van der Waals surface area contributed by atoms with Crippen LogP contribution in [0, 0.1) is 23.5 Å². The molecule has 10 aromatic rings. The van der Waals surface area contributed by atoms with Gasteiger partial charge in [0, 0.05) is 63.5 Å². The number of benzene rings is 4. The lowest BCUT2D eigenvalue weighted by Crippen LogP contribution is -2.54. The number of carbonyl (C=O) groups excluding carboxylic acids is 9. The van der Waals surface area contributed by atoms with E-state index in [1.165, 1.54) is 42.5 Å². The monoisotopic (exact) mass is 1440 g/mol. The summed E-state index contributed by atoms with van der Waals surface area (Å²) in [5.41, 5.74) is 13.1. The number of carbonyl (C=O) groups is 10. The van der Waals surface area contributed by atoms with E-state index in [-0.39, 0.29) is 89.4 Å². The third-order valence-corrected chi connectivity index (χ3v) is 20.6. The lowest BCUT2D eigenvalue weighted by molar-refractivity contribution is -0.142. The number of piperidine rings is 2.